The summed E-state index contributed by atoms with van der Waals surface area (Å²) in [4.78, 5) is 15.6. The molecular formula is C20H24N2O2S. The largest absolute Gasteiger partial charge is 0.496 e. The van der Waals surface area contributed by atoms with E-state index in [0.717, 1.165) is 42.3 Å². The zero-order valence-electron chi connectivity index (χ0n) is 14.7. The molecule has 2 aromatic rings. The number of nitrogens with zero attached hydrogens (tertiary/aromatic N) is 1. The van der Waals surface area contributed by atoms with Gasteiger partial charge in [-0.25, -0.2) is 4.79 Å². The number of benzene rings is 2. The van der Waals surface area contributed by atoms with Crippen molar-refractivity contribution >= 4 is 23.5 Å². The van der Waals surface area contributed by atoms with Crippen molar-refractivity contribution < 1.29 is 9.53 Å². The Bertz CT molecular complexity index is 727. The van der Waals surface area contributed by atoms with Crippen LogP contribution in [0, 0.1) is 0 Å². The summed E-state index contributed by atoms with van der Waals surface area (Å²) in [5.41, 5.74) is 2.13. The van der Waals surface area contributed by atoms with E-state index in [4.69, 9.17) is 4.74 Å². The van der Waals surface area contributed by atoms with E-state index in [1.807, 2.05) is 47.6 Å². The van der Waals surface area contributed by atoms with Gasteiger partial charge in [0, 0.05) is 18.0 Å². The van der Waals surface area contributed by atoms with Crippen LogP contribution >= 0.6 is 11.8 Å². The molecule has 0 bridgehead atoms. The quantitative estimate of drug-likeness (QED) is 0.798. The predicted octanol–water partition coefficient (Wildman–Crippen LogP) is 4.83. The molecule has 5 heteroatoms. The Kier molecular flexibility index (Phi) is 5.87. The number of carbonyl (C=O) groups is 1. The van der Waals surface area contributed by atoms with Gasteiger partial charge in [-0.05, 0) is 48.8 Å². The first kappa shape index (κ1) is 17.7. The maximum absolute atomic E-state index is 12.6. The predicted molar refractivity (Wildman–Crippen MR) is 104 cm³/mol. The van der Waals surface area contributed by atoms with E-state index < -0.39 is 0 Å². The number of hydrogen-bond acceptors (Lipinski definition) is 3. The summed E-state index contributed by atoms with van der Waals surface area (Å²) in [6.45, 7) is 1.52. The molecule has 1 aliphatic rings. The highest BCUT2D eigenvalue weighted by Crippen LogP contribution is 2.34. The van der Waals surface area contributed by atoms with Gasteiger partial charge in [0.2, 0.25) is 0 Å². The number of ether oxygens (including phenoxy) is 1. The lowest BCUT2D eigenvalue weighted by Gasteiger charge is -2.32. The van der Waals surface area contributed by atoms with Gasteiger partial charge in [0.05, 0.1) is 12.8 Å². The van der Waals surface area contributed by atoms with Crippen LogP contribution in [0.5, 0.6) is 5.75 Å². The Morgan fingerprint density at radius 3 is 2.52 bits per heavy atom. The number of piperidine rings is 1. The molecule has 1 heterocycles. The van der Waals surface area contributed by atoms with Crippen LogP contribution in [0.15, 0.2) is 53.4 Å². The molecule has 3 rings (SSSR count). The van der Waals surface area contributed by atoms with Crippen molar-refractivity contribution in [3.05, 3.63) is 54.1 Å². The Morgan fingerprint density at radius 2 is 1.80 bits per heavy atom. The van der Waals surface area contributed by atoms with E-state index in [9.17, 15) is 4.79 Å². The molecule has 25 heavy (non-hydrogen) atoms. The fraction of sp³-hybridized carbons (Fsp3) is 0.350. The van der Waals surface area contributed by atoms with Crippen molar-refractivity contribution in [1.82, 2.24) is 4.90 Å². The van der Waals surface area contributed by atoms with Gasteiger partial charge in [-0.15, -0.1) is 11.8 Å². The average molecular weight is 356 g/mol. The third-order valence-electron chi connectivity index (χ3n) is 4.71. The number of hydrogen-bond donors (Lipinski definition) is 1. The van der Waals surface area contributed by atoms with Gasteiger partial charge >= 0.3 is 6.03 Å². The van der Waals surface area contributed by atoms with Gasteiger partial charge in [0.1, 0.15) is 5.75 Å². The fourth-order valence-electron chi connectivity index (χ4n) is 3.34. The maximum atomic E-state index is 12.6. The summed E-state index contributed by atoms with van der Waals surface area (Å²) in [5.74, 6) is 1.39. The third-order valence-corrected chi connectivity index (χ3v) is 5.51. The number of urea groups is 1. The molecule has 0 unspecified atom stereocenters. The minimum Gasteiger partial charge on any atom is -0.496 e. The first-order chi connectivity index (χ1) is 12.2. The first-order valence-corrected chi connectivity index (χ1v) is 9.77. The number of likely N-dealkylation sites (tertiary alicyclic amines) is 1. The number of thioether (sulfide) groups is 1. The number of rotatable bonds is 4. The highest BCUT2D eigenvalue weighted by atomic mass is 32.2. The van der Waals surface area contributed by atoms with Crippen LogP contribution in [-0.2, 0) is 0 Å². The second kappa shape index (κ2) is 8.30. The molecular weight excluding hydrogens is 332 g/mol. The second-order valence-electron chi connectivity index (χ2n) is 6.13. The zero-order valence-corrected chi connectivity index (χ0v) is 15.5. The Balaban J connectivity index is 1.61. The topological polar surface area (TPSA) is 41.6 Å². The van der Waals surface area contributed by atoms with Crippen LogP contribution in [-0.4, -0.2) is 37.4 Å². The van der Waals surface area contributed by atoms with E-state index in [1.165, 1.54) is 5.56 Å². The summed E-state index contributed by atoms with van der Waals surface area (Å²) >= 11 is 1.64. The minimum atomic E-state index is -0.0139. The molecule has 0 aromatic heterocycles. The lowest BCUT2D eigenvalue weighted by atomic mass is 9.89. The van der Waals surface area contributed by atoms with Crippen molar-refractivity contribution in [1.29, 1.82) is 0 Å². The molecule has 2 amide bonds. The van der Waals surface area contributed by atoms with E-state index >= 15 is 0 Å². The van der Waals surface area contributed by atoms with Crippen LogP contribution in [0.4, 0.5) is 10.5 Å². The number of nitrogens with one attached hydrogen (secondary N) is 1. The zero-order chi connectivity index (χ0) is 17.6. The molecule has 0 spiro atoms. The van der Waals surface area contributed by atoms with Crippen molar-refractivity contribution in [2.24, 2.45) is 0 Å². The van der Waals surface area contributed by atoms with E-state index in [2.05, 4.69) is 17.4 Å². The number of amides is 2. The summed E-state index contributed by atoms with van der Waals surface area (Å²) in [5, 5.41) is 3.05. The number of methoxy groups -OCH3 is 1. The summed E-state index contributed by atoms with van der Waals surface area (Å²) in [6.07, 6.45) is 3.93. The highest BCUT2D eigenvalue weighted by Gasteiger charge is 2.25. The molecule has 4 nitrogen and oxygen atoms in total. The summed E-state index contributed by atoms with van der Waals surface area (Å²) in [6, 6.07) is 16.1. The Morgan fingerprint density at radius 1 is 1.12 bits per heavy atom. The molecule has 0 radical (unpaired) electrons. The molecule has 1 aliphatic heterocycles. The van der Waals surface area contributed by atoms with Crippen molar-refractivity contribution in [2.75, 3.05) is 31.8 Å². The van der Waals surface area contributed by atoms with Crippen LogP contribution in [0.3, 0.4) is 0 Å². The lowest BCUT2D eigenvalue weighted by Crippen LogP contribution is -2.40. The summed E-state index contributed by atoms with van der Waals surface area (Å²) < 4.78 is 5.48. The van der Waals surface area contributed by atoms with Crippen molar-refractivity contribution in [3.63, 3.8) is 0 Å². The van der Waals surface area contributed by atoms with E-state index in [1.54, 1.807) is 18.9 Å². The van der Waals surface area contributed by atoms with E-state index in [0.29, 0.717) is 5.92 Å². The van der Waals surface area contributed by atoms with Gasteiger partial charge in [0.25, 0.3) is 0 Å². The van der Waals surface area contributed by atoms with Crippen molar-refractivity contribution in [3.8, 4) is 5.75 Å². The number of anilines is 1. The van der Waals surface area contributed by atoms with Crippen LogP contribution in [0.25, 0.3) is 0 Å². The number of carbonyl (C=O) groups excluding carboxylic acids is 1. The van der Waals surface area contributed by atoms with Crippen LogP contribution < -0.4 is 10.1 Å². The molecule has 2 aromatic carbocycles. The Labute approximate surface area is 153 Å². The molecule has 0 saturated carbocycles. The van der Waals surface area contributed by atoms with Gasteiger partial charge in [-0.2, -0.15) is 0 Å². The maximum Gasteiger partial charge on any atom is 0.321 e. The highest BCUT2D eigenvalue weighted by molar-refractivity contribution is 7.98. The van der Waals surface area contributed by atoms with Gasteiger partial charge in [-0.1, -0.05) is 30.3 Å². The summed E-state index contributed by atoms with van der Waals surface area (Å²) in [7, 11) is 1.71. The Hall–Kier alpha value is -2.14. The van der Waals surface area contributed by atoms with Crippen LogP contribution in [0.2, 0.25) is 0 Å². The normalized spacial score (nSPS) is 15.0. The smallest absolute Gasteiger partial charge is 0.321 e. The third kappa shape index (κ3) is 4.10. The lowest BCUT2D eigenvalue weighted by molar-refractivity contribution is 0.194. The molecule has 132 valence electrons. The molecule has 0 atom stereocenters. The van der Waals surface area contributed by atoms with E-state index in [-0.39, 0.29) is 6.03 Å². The van der Waals surface area contributed by atoms with Gasteiger partial charge in [-0.3, -0.25) is 0 Å². The van der Waals surface area contributed by atoms with Crippen LogP contribution in [0.1, 0.15) is 24.3 Å². The SMILES string of the molecule is COc1ccccc1C1CCN(C(=O)Nc2ccccc2SC)CC1. The molecule has 1 fully saturated rings. The second-order valence-corrected chi connectivity index (χ2v) is 6.98. The molecule has 1 saturated heterocycles. The monoisotopic (exact) mass is 356 g/mol. The standard InChI is InChI=1S/C20H24N2O2S/c1-24-18-9-5-3-7-16(18)15-11-13-22(14-12-15)20(23)21-17-8-4-6-10-19(17)25-2/h3-10,15H,11-14H2,1-2H3,(H,21,23). The molecule has 0 aliphatic carbocycles. The van der Waals surface area contributed by atoms with Gasteiger partial charge < -0.3 is 15.0 Å². The van der Waals surface area contributed by atoms with Crippen molar-refractivity contribution in [2.45, 2.75) is 23.7 Å². The number of para-hydroxylation sites is 2. The molecule has 1 N–H and O–H groups in total. The minimum absolute atomic E-state index is 0.0139. The first-order valence-electron chi connectivity index (χ1n) is 8.54. The fourth-order valence-corrected chi connectivity index (χ4v) is 3.89. The van der Waals surface area contributed by atoms with Gasteiger partial charge in [0.15, 0.2) is 0 Å². The average Bonchev–Trinajstić information content (AvgIpc) is 2.68.